The van der Waals surface area contributed by atoms with Crippen molar-refractivity contribution in [2.75, 3.05) is 6.61 Å². The molecule has 0 aliphatic heterocycles. The van der Waals surface area contributed by atoms with Crippen molar-refractivity contribution in [1.29, 1.82) is 0 Å². The maximum atomic E-state index is 11.9. The fraction of sp³-hybridized carbons (Fsp3) is 0.316. The van der Waals surface area contributed by atoms with E-state index >= 15 is 0 Å². The molecule has 22 heavy (non-hydrogen) atoms. The molecule has 3 heteroatoms. The van der Waals surface area contributed by atoms with Crippen LogP contribution in [0.5, 0.6) is 5.75 Å². The summed E-state index contributed by atoms with van der Waals surface area (Å²) >= 11 is 0. The van der Waals surface area contributed by atoms with Crippen LogP contribution in [0.2, 0.25) is 0 Å². The van der Waals surface area contributed by atoms with Crippen molar-refractivity contribution in [3.63, 3.8) is 0 Å². The first kappa shape index (κ1) is 16.1. The van der Waals surface area contributed by atoms with Crippen LogP contribution in [0.15, 0.2) is 54.6 Å². The Bertz CT molecular complexity index is 576. The number of ether oxygens (including phenoxy) is 1. The third-order valence-electron chi connectivity index (χ3n) is 3.20. The smallest absolute Gasteiger partial charge is 0.224 e. The number of hydrogen-bond acceptors (Lipinski definition) is 2. The normalized spacial score (nSPS) is 10.5. The number of rotatable bonds is 7. The summed E-state index contributed by atoms with van der Waals surface area (Å²) in [5.74, 6) is 1.41. The van der Waals surface area contributed by atoms with Crippen LogP contribution in [0.1, 0.15) is 25.0 Å². The van der Waals surface area contributed by atoms with Gasteiger partial charge in [-0.15, -0.1) is 0 Å². The van der Waals surface area contributed by atoms with Gasteiger partial charge in [0.25, 0.3) is 0 Å². The van der Waals surface area contributed by atoms with Gasteiger partial charge in [-0.1, -0.05) is 56.3 Å². The molecule has 0 saturated carbocycles. The highest BCUT2D eigenvalue weighted by Crippen LogP contribution is 2.13. The monoisotopic (exact) mass is 297 g/mol. The molecule has 0 unspecified atom stereocenters. The molecule has 2 aromatic rings. The van der Waals surface area contributed by atoms with Crippen LogP contribution in [-0.2, 0) is 17.8 Å². The highest BCUT2D eigenvalue weighted by atomic mass is 16.5. The van der Waals surface area contributed by atoms with Gasteiger partial charge in [-0.25, -0.2) is 0 Å². The average Bonchev–Trinajstić information content (AvgIpc) is 2.53. The second-order valence-corrected chi connectivity index (χ2v) is 5.79. The topological polar surface area (TPSA) is 38.3 Å². The van der Waals surface area contributed by atoms with Gasteiger partial charge in [0.05, 0.1) is 13.0 Å². The van der Waals surface area contributed by atoms with Gasteiger partial charge in [0.2, 0.25) is 5.91 Å². The SMILES string of the molecule is CC(C)COc1ccc(CNC(=O)Cc2ccccc2)cc1. The summed E-state index contributed by atoms with van der Waals surface area (Å²) in [7, 11) is 0. The predicted octanol–water partition coefficient (Wildman–Crippen LogP) is 3.58. The molecule has 1 N–H and O–H groups in total. The lowest BCUT2D eigenvalue weighted by Crippen LogP contribution is -2.24. The Morgan fingerprint density at radius 2 is 1.68 bits per heavy atom. The minimum absolute atomic E-state index is 0.0336. The van der Waals surface area contributed by atoms with Gasteiger partial charge in [0, 0.05) is 6.54 Å². The van der Waals surface area contributed by atoms with Crippen molar-refractivity contribution in [1.82, 2.24) is 5.32 Å². The number of benzene rings is 2. The van der Waals surface area contributed by atoms with Crippen LogP contribution < -0.4 is 10.1 Å². The van der Waals surface area contributed by atoms with E-state index in [2.05, 4.69) is 19.2 Å². The lowest BCUT2D eigenvalue weighted by atomic mass is 10.1. The Kier molecular flexibility index (Phi) is 6.01. The summed E-state index contributed by atoms with van der Waals surface area (Å²) in [5.41, 5.74) is 2.09. The Morgan fingerprint density at radius 1 is 1.00 bits per heavy atom. The molecule has 0 bridgehead atoms. The van der Waals surface area contributed by atoms with E-state index in [-0.39, 0.29) is 5.91 Å². The van der Waals surface area contributed by atoms with E-state index in [1.807, 2.05) is 54.6 Å². The molecule has 0 heterocycles. The van der Waals surface area contributed by atoms with Crippen molar-refractivity contribution < 1.29 is 9.53 Å². The first-order valence-corrected chi connectivity index (χ1v) is 7.66. The highest BCUT2D eigenvalue weighted by Gasteiger charge is 2.03. The van der Waals surface area contributed by atoms with Gasteiger partial charge < -0.3 is 10.1 Å². The van der Waals surface area contributed by atoms with Crippen LogP contribution in [-0.4, -0.2) is 12.5 Å². The summed E-state index contributed by atoms with van der Waals surface area (Å²) in [5, 5.41) is 2.94. The van der Waals surface area contributed by atoms with Crippen molar-refractivity contribution in [3.05, 3.63) is 65.7 Å². The zero-order valence-electron chi connectivity index (χ0n) is 13.2. The Labute approximate surface area is 132 Å². The molecule has 116 valence electrons. The van der Waals surface area contributed by atoms with Gasteiger partial charge in [-0.2, -0.15) is 0 Å². The van der Waals surface area contributed by atoms with Crippen molar-refractivity contribution >= 4 is 5.91 Å². The lowest BCUT2D eigenvalue weighted by Gasteiger charge is -2.10. The van der Waals surface area contributed by atoms with Crippen LogP contribution in [0.4, 0.5) is 0 Å². The van der Waals surface area contributed by atoms with Crippen LogP contribution in [0.25, 0.3) is 0 Å². The first-order chi connectivity index (χ1) is 10.6. The molecular formula is C19H23NO2. The molecule has 0 spiro atoms. The second kappa shape index (κ2) is 8.23. The van der Waals surface area contributed by atoms with E-state index in [9.17, 15) is 4.79 Å². The molecule has 0 atom stereocenters. The zero-order valence-corrected chi connectivity index (χ0v) is 13.2. The van der Waals surface area contributed by atoms with Gasteiger partial charge in [-0.3, -0.25) is 4.79 Å². The van der Waals surface area contributed by atoms with Crippen molar-refractivity contribution in [2.45, 2.75) is 26.8 Å². The first-order valence-electron chi connectivity index (χ1n) is 7.66. The molecule has 1 amide bonds. The van der Waals surface area contributed by atoms with Crippen molar-refractivity contribution in [3.8, 4) is 5.75 Å². The Balaban J connectivity index is 1.78. The molecule has 2 aromatic carbocycles. The summed E-state index contributed by atoms with van der Waals surface area (Å²) < 4.78 is 5.64. The fourth-order valence-corrected chi connectivity index (χ4v) is 2.01. The van der Waals surface area contributed by atoms with Crippen LogP contribution >= 0.6 is 0 Å². The highest BCUT2D eigenvalue weighted by molar-refractivity contribution is 5.78. The van der Waals surface area contributed by atoms with Crippen LogP contribution in [0, 0.1) is 5.92 Å². The third-order valence-corrected chi connectivity index (χ3v) is 3.20. The van der Waals surface area contributed by atoms with E-state index < -0.39 is 0 Å². The van der Waals surface area contributed by atoms with E-state index in [0.717, 1.165) is 16.9 Å². The summed E-state index contributed by atoms with van der Waals surface area (Å²) in [6, 6.07) is 17.6. The van der Waals surface area contributed by atoms with Gasteiger partial charge in [-0.05, 0) is 29.2 Å². The Hall–Kier alpha value is -2.29. The number of amides is 1. The summed E-state index contributed by atoms with van der Waals surface area (Å²) in [6.45, 7) is 5.50. The fourth-order valence-electron chi connectivity index (χ4n) is 2.01. The lowest BCUT2D eigenvalue weighted by molar-refractivity contribution is -0.120. The average molecular weight is 297 g/mol. The summed E-state index contributed by atoms with van der Waals surface area (Å²) in [6.07, 6.45) is 0.413. The molecule has 0 radical (unpaired) electrons. The molecule has 0 aliphatic carbocycles. The third kappa shape index (κ3) is 5.60. The quantitative estimate of drug-likeness (QED) is 0.848. The van der Waals surface area contributed by atoms with Crippen LogP contribution in [0.3, 0.4) is 0 Å². The van der Waals surface area contributed by atoms with Gasteiger partial charge >= 0.3 is 0 Å². The second-order valence-electron chi connectivity index (χ2n) is 5.79. The van der Waals surface area contributed by atoms with Crippen molar-refractivity contribution in [2.24, 2.45) is 5.92 Å². The minimum Gasteiger partial charge on any atom is -0.493 e. The maximum absolute atomic E-state index is 11.9. The Morgan fingerprint density at radius 3 is 2.32 bits per heavy atom. The molecular weight excluding hydrogens is 274 g/mol. The largest absolute Gasteiger partial charge is 0.493 e. The van der Waals surface area contributed by atoms with Gasteiger partial charge in [0.1, 0.15) is 5.75 Å². The van der Waals surface area contributed by atoms with E-state index in [1.165, 1.54) is 0 Å². The molecule has 3 nitrogen and oxygen atoms in total. The molecule has 0 aliphatic rings. The molecule has 0 saturated heterocycles. The minimum atomic E-state index is 0.0336. The number of hydrogen-bond donors (Lipinski definition) is 1. The predicted molar refractivity (Wildman–Crippen MR) is 88.8 cm³/mol. The molecule has 0 fully saturated rings. The molecule has 2 rings (SSSR count). The zero-order chi connectivity index (χ0) is 15.8. The molecule has 0 aromatic heterocycles. The maximum Gasteiger partial charge on any atom is 0.224 e. The van der Waals surface area contributed by atoms with E-state index in [4.69, 9.17) is 4.74 Å². The number of nitrogens with one attached hydrogen (secondary N) is 1. The summed E-state index contributed by atoms with van der Waals surface area (Å²) in [4.78, 5) is 11.9. The van der Waals surface area contributed by atoms with E-state index in [1.54, 1.807) is 0 Å². The number of carbonyl (C=O) groups excluding carboxylic acids is 1. The van der Waals surface area contributed by atoms with Gasteiger partial charge in [0.15, 0.2) is 0 Å². The number of carbonyl (C=O) groups is 1. The standard InChI is InChI=1S/C19H23NO2/c1-15(2)14-22-18-10-8-17(9-11-18)13-20-19(21)12-16-6-4-3-5-7-16/h3-11,15H,12-14H2,1-2H3,(H,20,21). The van der Waals surface area contributed by atoms with E-state index in [0.29, 0.717) is 25.5 Å².